The van der Waals surface area contributed by atoms with Gasteiger partial charge in [0.2, 0.25) is 0 Å². The molecule has 4 rings (SSSR count). The van der Waals surface area contributed by atoms with E-state index in [1.165, 1.54) is 19.3 Å². The molecule has 0 heterocycles. The standard InChI is InChI=1S/C14H22O/c1-12(2)10-6-8-13(3)11(9-10)5-4-7-14(12,13)15/h4-5,10-11,15H,6-9H2,1-3H3/t10?,11?,13-,14?/m0/s1. The van der Waals surface area contributed by atoms with E-state index in [-0.39, 0.29) is 10.8 Å². The summed E-state index contributed by atoms with van der Waals surface area (Å²) >= 11 is 0. The fourth-order valence-corrected chi connectivity index (χ4v) is 4.78. The molecular weight excluding hydrogens is 184 g/mol. The van der Waals surface area contributed by atoms with Crippen LogP contribution >= 0.6 is 0 Å². The van der Waals surface area contributed by atoms with Crippen molar-refractivity contribution >= 4 is 0 Å². The van der Waals surface area contributed by atoms with E-state index in [1.807, 2.05) is 0 Å². The van der Waals surface area contributed by atoms with E-state index in [9.17, 15) is 5.11 Å². The molecule has 0 radical (unpaired) electrons. The number of hydrogen-bond donors (Lipinski definition) is 1. The molecule has 4 atom stereocenters. The average Bonchev–Trinajstić information content (AvgIpc) is 2.16. The molecule has 1 N–H and O–H groups in total. The summed E-state index contributed by atoms with van der Waals surface area (Å²) in [5.74, 6) is 1.35. The predicted molar refractivity (Wildman–Crippen MR) is 61.4 cm³/mol. The second-order valence-corrected chi connectivity index (χ2v) is 6.71. The minimum atomic E-state index is -0.458. The van der Waals surface area contributed by atoms with Crippen LogP contribution < -0.4 is 0 Å². The Labute approximate surface area is 92.6 Å². The molecule has 3 fully saturated rings. The molecule has 4 bridgehead atoms. The molecule has 3 saturated carbocycles. The van der Waals surface area contributed by atoms with Gasteiger partial charge < -0.3 is 5.11 Å². The molecule has 4 aliphatic rings. The number of hydrogen-bond acceptors (Lipinski definition) is 1. The van der Waals surface area contributed by atoms with Crippen molar-refractivity contribution in [3.63, 3.8) is 0 Å². The number of aliphatic hydroxyl groups is 1. The van der Waals surface area contributed by atoms with Crippen LogP contribution in [-0.4, -0.2) is 10.7 Å². The van der Waals surface area contributed by atoms with E-state index in [2.05, 4.69) is 32.9 Å². The SMILES string of the molecule is CC1(C)C2CC[C@@]3(C)C(C=CCC13O)C2. The van der Waals surface area contributed by atoms with Gasteiger partial charge in [-0.25, -0.2) is 0 Å². The van der Waals surface area contributed by atoms with Crippen molar-refractivity contribution in [3.05, 3.63) is 12.2 Å². The lowest BCUT2D eigenvalue weighted by atomic mass is 9.38. The molecule has 0 aromatic carbocycles. The van der Waals surface area contributed by atoms with Crippen LogP contribution in [-0.2, 0) is 0 Å². The molecule has 84 valence electrons. The van der Waals surface area contributed by atoms with Gasteiger partial charge >= 0.3 is 0 Å². The summed E-state index contributed by atoms with van der Waals surface area (Å²) in [6.45, 7) is 6.88. The van der Waals surface area contributed by atoms with Gasteiger partial charge in [0.25, 0.3) is 0 Å². The quantitative estimate of drug-likeness (QED) is 0.604. The molecule has 0 aromatic rings. The van der Waals surface area contributed by atoms with Crippen LogP contribution in [0.3, 0.4) is 0 Å². The van der Waals surface area contributed by atoms with Crippen molar-refractivity contribution in [1.29, 1.82) is 0 Å². The predicted octanol–water partition coefficient (Wildman–Crippen LogP) is 3.14. The zero-order valence-electron chi connectivity index (χ0n) is 10.1. The lowest BCUT2D eigenvalue weighted by Gasteiger charge is -2.69. The maximum atomic E-state index is 11.1. The van der Waals surface area contributed by atoms with Crippen LogP contribution in [0.15, 0.2) is 12.2 Å². The van der Waals surface area contributed by atoms with Gasteiger partial charge in [-0.2, -0.15) is 0 Å². The lowest BCUT2D eigenvalue weighted by molar-refractivity contribution is -0.257. The number of rotatable bonds is 0. The summed E-state index contributed by atoms with van der Waals surface area (Å²) in [5, 5.41) is 11.1. The van der Waals surface area contributed by atoms with Crippen LogP contribution in [0.5, 0.6) is 0 Å². The Morgan fingerprint density at radius 3 is 2.67 bits per heavy atom. The first-order valence-corrected chi connectivity index (χ1v) is 6.31. The molecule has 4 aliphatic carbocycles. The van der Waals surface area contributed by atoms with E-state index >= 15 is 0 Å². The molecule has 3 unspecified atom stereocenters. The molecule has 0 aliphatic heterocycles. The molecule has 15 heavy (non-hydrogen) atoms. The van der Waals surface area contributed by atoms with E-state index in [0.717, 1.165) is 12.3 Å². The van der Waals surface area contributed by atoms with Crippen LogP contribution in [0.4, 0.5) is 0 Å². The van der Waals surface area contributed by atoms with Crippen molar-refractivity contribution in [1.82, 2.24) is 0 Å². The Kier molecular flexibility index (Phi) is 1.65. The molecule has 1 nitrogen and oxygen atoms in total. The zero-order chi connectivity index (χ0) is 10.9. The highest BCUT2D eigenvalue weighted by atomic mass is 16.3. The molecule has 0 saturated heterocycles. The maximum absolute atomic E-state index is 11.1. The monoisotopic (exact) mass is 206 g/mol. The number of fused-ring (bicyclic) bond motifs is 1. The number of allylic oxidation sites excluding steroid dienone is 1. The van der Waals surface area contributed by atoms with Gasteiger partial charge in [0.05, 0.1) is 5.60 Å². The topological polar surface area (TPSA) is 20.2 Å². The molecule has 0 aromatic heterocycles. The van der Waals surface area contributed by atoms with Gasteiger partial charge in [0, 0.05) is 5.41 Å². The van der Waals surface area contributed by atoms with Crippen LogP contribution in [0, 0.1) is 22.7 Å². The van der Waals surface area contributed by atoms with Crippen molar-refractivity contribution < 1.29 is 5.11 Å². The van der Waals surface area contributed by atoms with Gasteiger partial charge in [-0.15, -0.1) is 0 Å². The van der Waals surface area contributed by atoms with E-state index in [1.54, 1.807) is 0 Å². The van der Waals surface area contributed by atoms with Crippen LogP contribution in [0.2, 0.25) is 0 Å². The second kappa shape index (κ2) is 2.51. The minimum Gasteiger partial charge on any atom is -0.388 e. The third-order valence-corrected chi connectivity index (χ3v) is 6.18. The minimum absolute atomic E-state index is 0.0985. The Balaban J connectivity index is 2.19. The van der Waals surface area contributed by atoms with E-state index in [0.29, 0.717) is 5.92 Å². The highest BCUT2D eigenvalue weighted by Gasteiger charge is 2.67. The Hall–Kier alpha value is -0.300. The molecular formula is C14H22O. The summed E-state index contributed by atoms with van der Waals surface area (Å²) in [6.07, 6.45) is 9.28. The molecule has 0 spiro atoms. The van der Waals surface area contributed by atoms with Crippen LogP contribution in [0.25, 0.3) is 0 Å². The van der Waals surface area contributed by atoms with Crippen molar-refractivity contribution in [2.24, 2.45) is 22.7 Å². The summed E-state index contributed by atoms with van der Waals surface area (Å²) < 4.78 is 0. The van der Waals surface area contributed by atoms with Gasteiger partial charge in [-0.3, -0.25) is 0 Å². The second-order valence-electron chi connectivity index (χ2n) is 6.71. The normalized spacial score (nSPS) is 55.7. The highest BCUT2D eigenvalue weighted by molar-refractivity contribution is 5.24. The van der Waals surface area contributed by atoms with Gasteiger partial charge in [-0.05, 0) is 42.9 Å². The Bertz CT molecular complexity index is 330. The zero-order valence-corrected chi connectivity index (χ0v) is 10.1. The van der Waals surface area contributed by atoms with E-state index < -0.39 is 5.60 Å². The van der Waals surface area contributed by atoms with Crippen molar-refractivity contribution in [2.75, 3.05) is 0 Å². The molecule has 1 heteroatoms. The first kappa shape index (κ1) is 9.89. The maximum Gasteiger partial charge on any atom is 0.0794 e. The lowest BCUT2D eigenvalue weighted by Crippen LogP contribution is -2.69. The summed E-state index contributed by atoms with van der Waals surface area (Å²) in [5.41, 5.74) is -0.220. The summed E-state index contributed by atoms with van der Waals surface area (Å²) in [7, 11) is 0. The fraction of sp³-hybridized carbons (Fsp3) is 0.857. The first-order valence-electron chi connectivity index (χ1n) is 6.31. The van der Waals surface area contributed by atoms with Crippen molar-refractivity contribution in [3.8, 4) is 0 Å². The Morgan fingerprint density at radius 1 is 1.27 bits per heavy atom. The summed E-state index contributed by atoms with van der Waals surface area (Å²) in [6, 6.07) is 0. The van der Waals surface area contributed by atoms with Gasteiger partial charge in [-0.1, -0.05) is 32.9 Å². The Morgan fingerprint density at radius 2 is 2.00 bits per heavy atom. The third kappa shape index (κ3) is 0.860. The van der Waals surface area contributed by atoms with E-state index in [4.69, 9.17) is 0 Å². The third-order valence-electron chi connectivity index (χ3n) is 6.18. The van der Waals surface area contributed by atoms with Gasteiger partial charge in [0.15, 0.2) is 0 Å². The smallest absolute Gasteiger partial charge is 0.0794 e. The highest BCUT2D eigenvalue weighted by Crippen LogP contribution is 2.69. The van der Waals surface area contributed by atoms with Gasteiger partial charge in [0.1, 0.15) is 0 Å². The summed E-state index contributed by atoms with van der Waals surface area (Å²) in [4.78, 5) is 0. The largest absolute Gasteiger partial charge is 0.388 e. The first-order chi connectivity index (χ1) is 6.92. The molecule has 0 amide bonds. The van der Waals surface area contributed by atoms with Crippen LogP contribution in [0.1, 0.15) is 46.5 Å². The fourth-order valence-electron chi connectivity index (χ4n) is 4.78. The van der Waals surface area contributed by atoms with Crippen molar-refractivity contribution in [2.45, 2.75) is 52.1 Å². The average molecular weight is 206 g/mol.